The highest BCUT2D eigenvalue weighted by Crippen LogP contribution is 2.40. The van der Waals surface area contributed by atoms with Crippen LogP contribution in [0.2, 0.25) is 0 Å². The molecule has 3 rings (SSSR count). The summed E-state index contributed by atoms with van der Waals surface area (Å²) in [5.41, 5.74) is 2.90. The van der Waals surface area contributed by atoms with Crippen LogP contribution in [0.4, 0.5) is 0 Å². The van der Waals surface area contributed by atoms with Gasteiger partial charge in [0.25, 0.3) is 0 Å². The summed E-state index contributed by atoms with van der Waals surface area (Å²) in [5.74, 6) is 0. The van der Waals surface area contributed by atoms with Crippen LogP contribution in [-0.4, -0.2) is 26.6 Å². The third kappa shape index (κ3) is 9.23. The molecule has 3 nitrogen and oxygen atoms in total. The maximum absolute atomic E-state index is 6.89. The minimum Gasteiger partial charge on any atom is -0.361 e. The van der Waals surface area contributed by atoms with E-state index >= 15 is 0 Å². The van der Waals surface area contributed by atoms with Crippen LogP contribution in [0, 0.1) is 0 Å². The van der Waals surface area contributed by atoms with Gasteiger partial charge in [-0.3, -0.25) is 0 Å². The third-order valence-electron chi connectivity index (χ3n) is 7.11. The number of ether oxygens (including phenoxy) is 3. The molecule has 0 heterocycles. The highest BCUT2D eigenvalue weighted by molar-refractivity contribution is 5.47. The fourth-order valence-electron chi connectivity index (χ4n) is 5.09. The van der Waals surface area contributed by atoms with Gasteiger partial charge in [0.05, 0.1) is 6.61 Å². The van der Waals surface area contributed by atoms with Crippen molar-refractivity contribution >= 4 is 0 Å². The zero-order valence-corrected chi connectivity index (χ0v) is 23.2. The van der Waals surface area contributed by atoms with Gasteiger partial charge in [-0.05, 0) is 36.0 Å². The van der Waals surface area contributed by atoms with Gasteiger partial charge in [0.2, 0.25) is 0 Å². The normalized spacial score (nSPS) is 12.3. The molecular formula is C35H46O3. The third-order valence-corrected chi connectivity index (χ3v) is 7.11. The molecule has 0 saturated carbocycles. The van der Waals surface area contributed by atoms with E-state index in [1.807, 2.05) is 0 Å². The number of hydrogen-bond acceptors (Lipinski definition) is 3. The van der Waals surface area contributed by atoms with E-state index in [9.17, 15) is 0 Å². The van der Waals surface area contributed by atoms with Crippen LogP contribution < -0.4 is 0 Å². The first kappa shape index (κ1) is 29.8. The summed E-state index contributed by atoms with van der Waals surface area (Å²) >= 11 is 0. The first-order valence-electron chi connectivity index (χ1n) is 14.4. The van der Waals surface area contributed by atoms with Crippen molar-refractivity contribution in [2.24, 2.45) is 0 Å². The molecule has 3 heteroatoms. The Morgan fingerprint density at radius 3 is 1.47 bits per heavy atom. The molecular weight excluding hydrogens is 468 g/mol. The Kier molecular flexibility index (Phi) is 13.9. The molecule has 0 saturated heterocycles. The van der Waals surface area contributed by atoms with Gasteiger partial charge in [0.1, 0.15) is 5.60 Å². The number of hydrogen-bond donors (Lipinski definition) is 0. The quantitative estimate of drug-likeness (QED) is 0.0651. The van der Waals surface area contributed by atoms with Crippen molar-refractivity contribution in [2.45, 2.75) is 76.1 Å². The molecule has 1 atom stereocenters. The van der Waals surface area contributed by atoms with Crippen LogP contribution >= 0.6 is 0 Å². The van der Waals surface area contributed by atoms with Crippen LogP contribution in [0.15, 0.2) is 104 Å². The van der Waals surface area contributed by atoms with Crippen LogP contribution in [0.1, 0.15) is 80.9 Å². The molecule has 0 spiro atoms. The molecule has 0 aromatic heterocycles. The smallest absolute Gasteiger partial charge is 0.157 e. The molecule has 0 bridgehead atoms. The van der Waals surface area contributed by atoms with Gasteiger partial charge in [0, 0.05) is 13.7 Å². The summed E-state index contributed by atoms with van der Waals surface area (Å²) in [5, 5.41) is 0. The summed E-state index contributed by atoms with van der Waals surface area (Å²) < 4.78 is 17.8. The lowest BCUT2D eigenvalue weighted by Gasteiger charge is -2.36. The monoisotopic (exact) mass is 514 g/mol. The molecule has 3 aromatic rings. The predicted molar refractivity (Wildman–Crippen MR) is 158 cm³/mol. The summed E-state index contributed by atoms with van der Waals surface area (Å²) in [6.07, 6.45) is 13.8. The molecule has 0 radical (unpaired) electrons. The molecule has 38 heavy (non-hydrogen) atoms. The number of rotatable bonds is 20. The lowest BCUT2D eigenvalue weighted by atomic mass is 9.80. The van der Waals surface area contributed by atoms with E-state index in [0.29, 0.717) is 6.61 Å². The topological polar surface area (TPSA) is 27.7 Å². The van der Waals surface area contributed by atoms with Crippen LogP contribution in [0.25, 0.3) is 0 Å². The van der Waals surface area contributed by atoms with E-state index in [2.05, 4.69) is 97.6 Å². The molecule has 0 aliphatic heterocycles. The minimum absolute atomic E-state index is 0.0976. The Hall–Kier alpha value is -2.72. The van der Waals surface area contributed by atoms with Gasteiger partial charge in [-0.15, -0.1) is 6.58 Å². The summed E-state index contributed by atoms with van der Waals surface area (Å²) in [7, 11) is 1.71. The first-order valence-corrected chi connectivity index (χ1v) is 14.4. The van der Waals surface area contributed by atoms with E-state index in [1.54, 1.807) is 13.2 Å². The van der Waals surface area contributed by atoms with Crippen molar-refractivity contribution in [2.75, 3.05) is 20.3 Å². The van der Waals surface area contributed by atoms with Gasteiger partial charge in [-0.1, -0.05) is 142 Å². The lowest BCUT2D eigenvalue weighted by molar-refractivity contribution is -0.119. The van der Waals surface area contributed by atoms with Crippen molar-refractivity contribution in [1.29, 1.82) is 0 Å². The molecule has 0 N–H and O–H groups in total. The molecule has 0 fully saturated rings. The zero-order valence-electron chi connectivity index (χ0n) is 23.2. The van der Waals surface area contributed by atoms with Crippen LogP contribution in [0.5, 0.6) is 0 Å². The Bertz CT molecular complexity index is 891. The summed E-state index contributed by atoms with van der Waals surface area (Å²) in [6, 6.07) is 31.9. The van der Waals surface area contributed by atoms with Crippen molar-refractivity contribution in [1.82, 2.24) is 0 Å². The number of unbranched alkanes of at least 4 members (excludes halogenated alkanes) is 8. The molecule has 1 unspecified atom stereocenters. The zero-order chi connectivity index (χ0) is 26.7. The highest BCUT2D eigenvalue weighted by atomic mass is 16.7. The Labute approximate surface area is 230 Å². The van der Waals surface area contributed by atoms with E-state index in [4.69, 9.17) is 14.2 Å². The average molecular weight is 515 g/mol. The van der Waals surface area contributed by atoms with Gasteiger partial charge in [-0.2, -0.15) is 0 Å². The fourth-order valence-corrected chi connectivity index (χ4v) is 5.09. The molecule has 0 amide bonds. The second-order valence-corrected chi connectivity index (χ2v) is 9.89. The summed E-state index contributed by atoms with van der Waals surface area (Å²) in [4.78, 5) is 0. The van der Waals surface area contributed by atoms with Crippen molar-refractivity contribution in [3.8, 4) is 0 Å². The van der Waals surface area contributed by atoms with Gasteiger partial charge in [0.15, 0.2) is 6.29 Å². The molecule has 0 aliphatic rings. The Morgan fingerprint density at radius 2 is 1.05 bits per heavy atom. The van der Waals surface area contributed by atoms with E-state index in [1.165, 1.54) is 61.6 Å². The van der Waals surface area contributed by atoms with Crippen LogP contribution in [-0.2, 0) is 19.8 Å². The Morgan fingerprint density at radius 1 is 0.632 bits per heavy atom. The van der Waals surface area contributed by atoms with Gasteiger partial charge >= 0.3 is 0 Å². The fraction of sp³-hybridized carbons (Fsp3) is 0.429. The van der Waals surface area contributed by atoms with Gasteiger partial charge < -0.3 is 14.2 Å². The minimum atomic E-state index is -0.609. The van der Waals surface area contributed by atoms with Crippen molar-refractivity contribution in [3.63, 3.8) is 0 Å². The standard InChI is InChI=1S/C35H46O3/c1-3-29-37-34(36-2)28-20-9-7-5-4-6-8-10-21-30-38-35(31-22-14-11-15-23-31,32-24-16-12-17-25-32)33-26-18-13-19-27-33/h3,11-19,22-27,34H,1,4-10,20-21,28-30H2,2H3. The second-order valence-electron chi connectivity index (χ2n) is 9.89. The molecule has 0 aliphatic carbocycles. The van der Waals surface area contributed by atoms with E-state index in [-0.39, 0.29) is 6.29 Å². The SMILES string of the molecule is C=CCOC(CCCCCCCCCCCOC(c1ccccc1)(c1ccccc1)c1ccccc1)OC. The van der Waals surface area contributed by atoms with Crippen molar-refractivity contribution < 1.29 is 14.2 Å². The largest absolute Gasteiger partial charge is 0.361 e. The van der Waals surface area contributed by atoms with E-state index in [0.717, 1.165) is 25.9 Å². The maximum Gasteiger partial charge on any atom is 0.157 e. The lowest BCUT2D eigenvalue weighted by Crippen LogP contribution is -2.33. The van der Waals surface area contributed by atoms with Crippen LogP contribution in [0.3, 0.4) is 0 Å². The predicted octanol–water partition coefficient (Wildman–Crippen LogP) is 9.07. The summed E-state index contributed by atoms with van der Waals surface area (Å²) in [6.45, 7) is 4.97. The number of methoxy groups -OCH3 is 1. The van der Waals surface area contributed by atoms with Crippen molar-refractivity contribution in [3.05, 3.63) is 120 Å². The second kappa shape index (κ2) is 17.7. The molecule has 204 valence electrons. The Balaban J connectivity index is 1.43. The average Bonchev–Trinajstić information content (AvgIpc) is 2.98. The molecule has 3 aromatic carbocycles. The number of benzene rings is 3. The highest BCUT2D eigenvalue weighted by Gasteiger charge is 2.37. The van der Waals surface area contributed by atoms with E-state index < -0.39 is 5.60 Å². The maximum atomic E-state index is 6.89. The first-order chi connectivity index (χ1) is 18.8. The van der Waals surface area contributed by atoms with Gasteiger partial charge in [-0.25, -0.2) is 0 Å².